The predicted octanol–water partition coefficient (Wildman–Crippen LogP) is 1.71. The van der Waals surface area contributed by atoms with E-state index in [2.05, 4.69) is 0 Å². The third-order valence-corrected chi connectivity index (χ3v) is 3.06. The molecule has 0 spiro atoms. The molecular formula is C16H21BO4. The molecule has 2 aromatic carbocycles. The summed E-state index contributed by atoms with van der Waals surface area (Å²) < 4.78 is 11.2. The highest BCUT2D eigenvalue weighted by atomic mass is 16.5. The van der Waals surface area contributed by atoms with Crippen LogP contribution in [0.15, 0.2) is 36.4 Å². The van der Waals surface area contributed by atoms with Crippen LogP contribution in [0.4, 0.5) is 0 Å². The molecule has 0 fully saturated rings. The molecule has 0 bridgehead atoms. The molecule has 2 N–H and O–H groups in total. The summed E-state index contributed by atoms with van der Waals surface area (Å²) in [5, 5.41) is 21.0. The minimum absolute atomic E-state index is 0.216. The van der Waals surface area contributed by atoms with Crippen molar-refractivity contribution < 1.29 is 19.5 Å². The number of ether oxygens (including phenoxy) is 2. The first-order valence-corrected chi connectivity index (χ1v) is 7.03. The van der Waals surface area contributed by atoms with Gasteiger partial charge < -0.3 is 19.5 Å². The average molecular weight is 288 g/mol. The van der Waals surface area contributed by atoms with Crippen LogP contribution in [-0.4, -0.2) is 36.0 Å². The van der Waals surface area contributed by atoms with Gasteiger partial charge in [0.2, 0.25) is 0 Å². The van der Waals surface area contributed by atoms with Gasteiger partial charge in [0.25, 0.3) is 0 Å². The van der Waals surface area contributed by atoms with Crippen molar-refractivity contribution in [3.63, 3.8) is 0 Å². The molecule has 0 amide bonds. The summed E-state index contributed by atoms with van der Waals surface area (Å²) in [5.41, 5.74) is 0.176. The van der Waals surface area contributed by atoms with Gasteiger partial charge in [0.1, 0.15) is 12.4 Å². The summed E-state index contributed by atoms with van der Waals surface area (Å²) in [6.07, 6.45) is 0. The smallest absolute Gasteiger partial charge is 0.492 e. The van der Waals surface area contributed by atoms with Crippen molar-refractivity contribution >= 4 is 23.4 Å². The van der Waals surface area contributed by atoms with Crippen molar-refractivity contribution in [2.75, 3.05) is 13.2 Å². The molecule has 0 atom stereocenters. The van der Waals surface area contributed by atoms with Crippen molar-refractivity contribution in [1.29, 1.82) is 0 Å². The second kappa shape index (κ2) is 6.47. The van der Waals surface area contributed by atoms with Crippen LogP contribution >= 0.6 is 0 Å². The van der Waals surface area contributed by atoms with E-state index in [0.717, 1.165) is 10.8 Å². The maximum atomic E-state index is 9.63. The molecule has 0 radical (unpaired) electrons. The molecule has 5 heteroatoms. The predicted molar refractivity (Wildman–Crippen MR) is 85.0 cm³/mol. The molecule has 4 nitrogen and oxygen atoms in total. The monoisotopic (exact) mass is 288 g/mol. The number of hydrogen-bond donors (Lipinski definition) is 2. The lowest BCUT2D eigenvalue weighted by molar-refractivity contribution is -0.0162. The summed E-state index contributed by atoms with van der Waals surface area (Å²) >= 11 is 0. The van der Waals surface area contributed by atoms with E-state index >= 15 is 0 Å². The number of fused-ring (bicyclic) bond motifs is 1. The first-order valence-electron chi connectivity index (χ1n) is 7.03. The van der Waals surface area contributed by atoms with E-state index in [1.807, 2.05) is 51.1 Å². The molecule has 21 heavy (non-hydrogen) atoms. The maximum absolute atomic E-state index is 9.63. The maximum Gasteiger partial charge on any atom is 0.492 e. The Morgan fingerprint density at radius 3 is 2.38 bits per heavy atom. The molecule has 0 heterocycles. The Morgan fingerprint density at radius 1 is 1.00 bits per heavy atom. The van der Waals surface area contributed by atoms with Gasteiger partial charge in [0.15, 0.2) is 0 Å². The summed E-state index contributed by atoms with van der Waals surface area (Å²) in [5.74, 6) is 0.473. The highest BCUT2D eigenvalue weighted by Gasteiger charge is 2.20. The number of rotatable bonds is 5. The molecule has 0 aromatic heterocycles. The summed E-state index contributed by atoms with van der Waals surface area (Å²) in [6.45, 7) is 6.73. The van der Waals surface area contributed by atoms with Gasteiger partial charge in [-0.15, -0.1) is 0 Å². The van der Waals surface area contributed by atoms with Crippen LogP contribution in [0.25, 0.3) is 10.8 Å². The Balaban J connectivity index is 2.17. The van der Waals surface area contributed by atoms with Gasteiger partial charge in [-0.25, -0.2) is 0 Å². The fraction of sp³-hybridized carbons (Fsp3) is 0.375. The van der Waals surface area contributed by atoms with Gasteiger partial charge in [-0.2, -0.15) is 0 Å². The van der Waals surface area contributed by atoms with E-state index in [9.17, 15) is 10.0 Å². The Morgan fingerprint density at radius 2 is 1.71 bits per heavy atom. The minimum atomic E-state index is -1.57. The molecule has 0 aliphatic carbocycles. The van der Waals surface area contributed by atoms with Gasteiger partial charge in [-0.05, 0) is 37.6 Å². The molecule has 2 aromatic rings. The molecule has 0 aliphatic rings. The minimum Gasteiger partial charge on any atom is -0.492 e. The van der Waals surface area contributed by atoms with E-state index in [0.29, 0.717) is 24.4 Å². The zero-order valence-corrected chi connectivity index (χ0v) is 12.7. The van der Waals surface area contributed by atoms with E-state index in [4.69, 9.17) is 9.47 Å². The lowest BCUT2D eigenvalue weighted by Gasteiger charge is -2.20. The first kappa shape index (κ1) is 15.8. The molecule has 112 valence electrons. The summed E-state index contributed by atoms with van der Waals surface area (Å²) in [7, 11) is -1.57. The molecular weight excluding hydrogens is 267 g/mol. The lowest BCUT2D eigenvalue weighted by Crippen LogP contribution is -2.33. The largest absolute Gasteiger partial charge is 0.492 e. The molecule has 0 saturated heterocycles. The fourth-order valence-corrected chi connectivity index (χ4v) is 2.17. The summed E-state index contributed by atoms with van der Waals surface area (Å²) in [6, 6.07) is 11.2. The van der Waals surface area contributed by atoms with Crippen LogP contribution in [0.1, 0.15) is 20.8 Å². The van der Waals surface area contributed by atoms with Crippen LogP contribution in [-0.2, 0) is 4.74 Å². The molecule has 0 unspecified atom stereocenters. The van der Waals surface area contributed by atoms with E-state index < -0.39 is 7.12 Å². The molecule has 2 rings (SSSR count). The van der Waals surface area contributed by atoms with Crippen LogP contribution in [0.5, 0.6) is 5.75 Å². The van der Waals surface area contributed by atoms with Crippen molar-refractivity contribution in [2.24, 2.45) is 0 Å². The average Bonchev–Trinajstić information content (AvgIpc) is 2.41. The van der Waals surface area contributed by atoms with E-state index in [1.54, 1.807) is 6.07 Å². The number of benzene rings is 2. The van der Waals surface area contributed by atoms with Crippen molar-refractivity contribution in [1.82, 2.24) is 0 Å². The first-order chi connectivity index (χ1) is 9.88. The fourth-order valence-electron chi connectivity index (χ4n) is 2.17. The van der Waals surface area contributed by atoms with E-state index in [1.165, 1.54) is 0 Å². The Kier molecular flexibility index (Phi) is 4.88. The third-order valence-electron chi connectivity index (χ3n) is 3.06. The number of hydrogen-bond acceptors (Lipinski definition) is 4. The molecule has 0 saturated carbocycles. The second-order valence-corrected chi connectivity index (χ2v) is 5.88. The lowest BCUT2D eigenvalue weighted by atomic mass is 9.76. The highest BCUT2D eigenvalue weighted by Crippen LogP contribution is 2.19. The normalized spacial score (nSPS) is 11.7. The third kappa shape index (κ3) is 4.20. The molecule has 0 aliphatic heterocycles. The zero-order chi connectivity index (χ0) is 15.5. The van der Waals surface area contributed by atoms with Crippen molar-refractivity contribution in [3.8, 4) is 5.75 Å². The second-order valence-electron chi connectivity index (χ2n) is 5.88. The van der Waals surface area contributed by atoms with Gasteiger partial charge in [0, 0.05) is 5.46 Å². The van der Waals surface area contributed by atoms with Crippen LogP contribution < -0.4 is 10.2 Å². The topological polar surface area (TPSA) is 58.9 Å². The Hall–Kier alpha value is -1.56. The van der Waals surface area contributed by atoms with Crippen LogP contribution in [0.2, 0.25) is 0 Å². The van der Waals surface area contributed by atoms with Crippen LogP contribution in [0, 0.1) is 0 Å². The zero-order valence-electron chi connectivity index (χ0n) is 12.7. The van der Waals surface area contributed by atoms with Gasteiger partial charge in [-0.3, -0.25) is 0 Å². The Labute approximate surface area is 125 Å². The SMILES string of the molecule is CC(C)(C)OCCOc1ccc2ccccc2c1B(O)O. The van der Waals surface area contributed by atoms with Gasteiger partial charge in [-0.1, -0.05) is 30.3 Å². The Bertz CT molecular complexity index is 605. The quantitative estimate of drug-likeness (QED) is 0.649. The van der Waals surface area contributed by atoms with Crippen molar-refractivity contribution in [3.05, 3.63) is 36.4 Å². The van der Waals surface area contributed by atoms with Gasteiger partial charge in [0.05, 0.1) is 12.2 Å². The highest BCUT2D eigenvalue weighted by molar-refractivity contribution is 6.63. The van der Waals surface area contributed by atoms with Crippen molar-refractivity contribution in [2.45, 2.75) is 26.4 Å². The van der Waals surface area contributed by atoms with Gasteiger partial charge >= 0.3 is 7.12 Å². The summed E-state index contributed by atoms with van der Waals surface area (Å²) in [4.78, 5) is 0. The van der Waals surface area contributed by atoms with E-state index in [-0.39, 0.29) is 5.60 Å². The van der Waals surface area contributed by atoms with Crippen LogP contribution in [0.3, 0.4) is 0 Å². The standard InChI is InChI=1S/C16H21BO4/c1-16(2,3)21-11-10-20-14-9-8-12-6-4-5-7-13(12)15(14)17(18)19/h4-9,18-19H,10-11H2,1-3H3.